The molecule has 0 aliphatic heterocycles. The molecule has 1 unspecified atom stereocenters. The van der Waals surface area contributed by atoms with Gasteiger partial charge in [-0.2, -0.15) is 13.2 Å². The van der Waals surface area contributed by atoms with E-state index in [0.717, 1.165) is 0 Å². The maximum atomic E-state index is 12.8. The molecule has 0 bridgehead atoms. The van der Waals surface area contributed by atoms with Crippen molar-refractivity contribution in [2.75, 3.05) is 23.7 Å². The Balaban J connectivity index is 2.93. The standard InChI is InChI=1S/C14H23F3N4/c1-6-18-10-7-11(19-8-9(2)13(3,4)5)21-12(20-10)14(15,16)17/h7,9H,6,8H2,1-5H3,(H2,18,19,20,21). The van der Waals surface area contributed by atoms with Gasteiger partial charge in [0.1, 0.15) is 11.6 Å². The lowest BCUT2D eigenvalue weighted by Gasteiger charge is -2.27. The Hall–Kier alpha value is -1.53. The van der Waals surface area contributed by atoms with Crippen molar-refractivity contribution in [2.24, 2.45) is 11.3 Å². The van der Waals surface area contributed by atoms with Crippen molar-refractivity contribution in [1.29, 1.82) is 0 Å². The third kappa shape index (κ3) is 5.40. The molecule has 1 heterocycles. The van der Waals surface area contributed by atoms with Crippen LogP contribution < -0.4 is 10.6 Å². The smallest absolute Gasteiger partial charge is 0.370 e. The van der Waals surface area contributed by atoms with Crippen LogP contribution in [0.1, 0.15) is 40.4 Å². The molecule has 0 amide bonds. The first-order valence-electron chi connectivity index (χ1n) is 6.98. The van der Waals surface area contributed by atoms with Crippen LogP contribution in [0.4, 0.5) is 24.8 Å². The number of nitrogens with zero attached hydrogens (tertiary/aromatic N) is 2. The van der Waals surface area contributed by atoms with E-state index in [1.54, 1.807) is 6.92 Å². The molecule has 1 rings (SSSR count). The summed E-state index contributed by atoms with van der Waals surface area (Å²) in [6.07, 6.45) is -4.56. The topological polar surface area (TPSA) is 49.8 Å². The highest BCUT2D eigenvalue weighted by Crippen LogP contribution is 2.29. The highest BCUT2D eigenvalue weighted by Gasteiger charge is 2.35. The van der Waals surface area contributed by atoms with Crippen molar-refractivity contribution in [3.8, 4) is 0 Å². The van der Waals surface area contributed by atoms with E-state index in [4.69, 9.17) is 0 Å². The molecule has 0 fully saturated rings. The second kappa shape index (κ2) is 6.49. The van der Waals surface area contributed by atoms with Crippen LogP contribution in [0, 0.1) is 11.3 Å². The van der Waals surface area contributed by atoms with Gasteiger partial charge in [-0.15, -0.1) is 0 Å². The third-order valence-corrected chi connectivity index (χ3v) is 3.41. The fourth-order valence-corrected chi connectivity index (χ4v) is 1.50. The normalized spacial score (nSPS) is 13.9. The predicted molar refractivity (Wildman–Crippen MR) is 78.3 cm³/mol. The second-order valence-corrected chi connectivity index (χ2v) is 6.14. The molecule has 0 spiro atoms. The summed E-state index contributed by atoms with van der Waals surface area (Å²) in [5.41, 5.74) is 0.0669. The van der Waals surface area contributed by atoms with Gasteiger partial charge in [0.25, 0.3) is 0 Å². The molecule has 21 heavy (non-hydrogen) atoms. The molecule has 1 atom stereocenters. The molecular formula is C14H23F3N4. The number of halogens is 3. The van der Waals surface area contributed by atoms with Gasteiger partial charge in [0, 0.05) is 19.2 Å². The van der Waals surface area contributed by atoms with Crippen LogP contribution in [0.2, 0.25) is 0 Å². The summed E-state index contributed by atoms with van der Waals surface area (Å²) in [4.78, 5) is 7.04. The number of hydrogen-bond acceptors (Lipinski definition) is 4. The molecule has 120 valence electrons. The van der Waals surface area contributed by atoms with Crippen molar-refractivity contribution in [2.45, 2.75) is 40.8 Å². The number of anilines is 2. The lowest BCUT2D eigenvalue weighted by molar-refractivity contribution is -0.144. The molecule has 0 aliphatic rings. The number of hydrogen-bond donors (Lipinski definition) is 2. The molecule has 4 nitrogen and oxygen atoms in total. The first-order valence-corrected chi connectivity index (χ1v) is 6.98. The highest BCUT2D eigenvalue weighted by molar-refractivity contribution is 5.47. The van der Waals surface area contributed by atoms with Gasteiger partial charge in [-0.1, -0.05) is 27.7 Å². The predicted octanol–water partition coefficient (Wildman–Crippen LogP) is 4.02. The van der Waals surface area contributed by atoms with Crippen molar-refractivity contribution in [3.63, 3.8) is 0 Å². The van der Waals surface area contributed by atoms with Gasteiger partial charge in [0.15, 0.2) is 0 Å². The SMILES string of the molecule is CCNc1cc(NCC(C)C(C)(C)C)nc(C(F)(F)F)n1. The summed E-state index contributed by atoms with van der Waals surface area (Å²) in [7, 11) is 0. The summed E-state index contributed by atoms with van der Waals surface area (Å²) >= 11 is 0. The average Bonchev–Trinajstić information content (AvgIpc) is 2.34. The monoisotopic (exact) mass is 304 g/mol. The molecule has 0 aliphatic carbocycles. The van der Waals surface area contributed by atoms with Crippen LogP contribution >= 0.6 is 0 Å². The van der Waals surface area contributed by atoms with E-state index in [1.165, 1.54) is 6.07 Å². The minimum absolute atomic E-state index is 0.0669. The van der Waals surface area contributed by atoms with Crippen molar-refractivity contribution < 1.29 is 13.2 Å². The van der Waals surface area contributed by atoms with Gasteiger partial charge in [-0.25, -0.2) is 9.97 Å². The van der Waals surface area contributed by atoms with Gasteiger partial charge in [-0.3, -0.25) is 0 Å². The zero-order valence-corrected chi connectivity index (χ0v) is 13.1. The minimum Gasteiger partial charge on any atom is -0.370 e. The van der Waals surface area contributed by atoms with E-state index in [1.807, 2.05) is 6.92 Å². The van der Waals surface area contributed by atoms with Crippen molar-refractivity contribution >= 4 is 11.6 Å². The molecule has 0 saturated heterocycles. The summed E-state index contributed by atoms with van der Waals surface area (Å²) < 4.78 is 38.4. The lowest BCUT2D eigenvalue weighted by Crippen LogP contribution is -2.25. The van der Waals surface area contributed by atoms with Crippen molar-refractivity contribution in [3.05, 3.63) is 11.9 Å². The van der Waals surface area contributed by atoms with Crippen LogP contribution in [0.15, 0.2) is 6.07 Å². The summed E-state index contributed by atoms with van der Waals surface area (Å²) in [6.45, 7) is 11.1. The average molecular weight is 304 g/mol. The molecule has 1 aromatic heterocycles. The molecule has 0 aromatic carbocycles. The van der Waals surface area contributed by atoms with Crippen LogP contribution in [-0.2, 0) is 6.18 Å². The van der Waals surface area contributed by atoms with Crippen LogP contribution in [0.5, 0.6) is 0 Å². The van der Waals surface area contributed by atoms with Crippen LogP contribution in [0.25, 0.3) is 0 Å². The minimum atomic E-state index is -4.56. The number of alkyl halides is 3. The van der Waals surface area contributed by atoms with Crippen LogP contribution in [0.3, 0.4) is 0 Å². The number of nitrogens with one attached hydrogen (secondary N) is 2. The maximum absolute atomic E-state index is 12.8. The van der Waals surface area contributed by atoms with E-state index in [0.29, 0.717) is 13.1 Å². The van der Waals surface area contributed by atoms with Gasteiger partial charge in [-0.05, 0) is 18.3 Å². The first kappa shape index (κ1) is 17.5. The Bertz CT molecular complexity index is 466. The summed E-state index contributed by atoms with van der Waals surface area (Å²) in [6, 6.07) is 1.49. The summed E-state index contributed by atoms with van der Waals surface area (Å²) in [5, 5.41) is 5.76. The largest absolute Gasteiger partial charge is 0.451 e. The molecule has 7 heteroatoms. The maximum Gasteiger partial charge on any atom is 0.451 e. The van der Waals surface area contributed by atoms with Gasteiger partial charge in [0.2, 0.25) is 5.82 Å². The Kier molecular flexibility index (Phi) is 5.42. The fourth-order valence-electron chi connectivity index (χ4n) is 1.50. The van der Waals surface area contributed by atoms with Gasteiger partial charge in [0.05, 0.1) is 0 Å². The quantitative estimate of drug-likeness (QED) is 0.862. The molecule has 0 saturated carbocycles. The lowest BCUT2D eigenvalue weighted by atomic mass is 9.82. The van der Waals surface area contributed by atoms with Crippen molar-refractivity contribution in [1.82, 2.24) is 9.97 Å². The van der Waals surface area contributed by atoms with Crippen LogP contribution in [-0.4, -0.2) is 23.1 Å². The number of aromatic nitrogens is 2. The van der Waals surface area contributed by atoms with E-state index in [9.17, 15) is 13.2 Å². The molecule has 2 N–H and O–H groups in total. The Morgan fingerprint density at radius 2 is 1.62 bits per heavy atom. The Morgan fingerprint density at radius 3 is 2.05 bits per heavy atom. The zero-order valence-electron chi connectivity index (χ0n) is 13.1. The first-order chi connectivity index (χ1) is 9.54. The van der Waals surface area contributed by atoms with Gasteiger partial charge < -0.3 is 10.6 Å². The van der Waals surface area contributed by atoms with Gasteiger partial charge >= 0.3 is 6.18 Å². The van der Waals surface area contributed by atoms with E-state index >= 15 is 0 Å². The second-order valence-electron chi connectivity index (χ2n) is 6.14. The zero-order chi connectivity index (χ0) is 16.3. The third-order valence-electron chi connectivity index (χ3n) is 3.41. The molecular weight excluding hydrogens is 281 g/mol. The van der Waals surface area contributed by atoms with E-state index in [-0.39, 0.29) is 23.0 Å². The Labute approximate surface area is 123 Å². The number of rotatable bonds is 5. The summed E-state index contributed by atoms with van der Waals surface area (Å²) in [5.74, 6) is -0.494. The fraction of sp³-hybridized carbons (Fsp3) is 0.714. The molecule has 1 aromatic rings. The molecule has 0 radical (unpaired) electrons. The highest BCUT2D eigenvalue weighted by atomic mass is 19.4. The van der Waals surface area contributed by atoms with E-state index < -0.39 is 12.0 Å². The van der Waals surface area contributed by atoms with E-state index in [2.05, 4.69) is 41.4 Å². The Morgan fingerprint density at radius 1 is 1.10 bits per heavy atom.